The Balaban J connectivity index is 1.67. The standard InChI is InChI=1S/C15H16FN5O2/c1-9-4-6-22-10(9)7-17-13-12-14(20-15(16)19-13)21(8-18-12)11-3-2-5-23-11/h4,6,8,11H,2-3,5,7H2,1H3,(H,17,19,20). The average molecular weight is 317 g/mol. The third kappa shape index (κ3) is 2.55. The first kappa shape index (κ1) is 14.1. The summed E-state index contributed by atoms with van der Waals surface area (Å²) in [5.41, 5.74) is 1.97. The molecule has 0 saturated carbocycles. The first-order valence-corrected chi connectivity index (χ1v) is 7.51. The van der Waals surface area contributed by atoms with Crippen LogP contribution in [0.4, 0.5) is 10.2 Å². The fourth-order valence-electron chi connectivity index (χ4n) is 2.75. The Morgan fingerprint density at radius 2 is 2.35 bits per heavy atom. The minimum absolute atomic E-state index is 0.144. The zero-order valence-corrected chi connectivity index (χ0v) is 12.6. The number of hydrogen-bond acceptors (Lipinski definition) is 6. The van der Waals surface area contributed by atoms with Gasteiger partial charge in [0.05, 0.1) is 19.1 Å². The molecule has 0 aromatic carbocycles. The zero-order chi connectivity index (χ0) is 15.8. The second kappa shape index (κ2) is 5.62. The van der Waals surface area contributed by atoms with Crippen LogP contribution in [0.25, 0.3) is 11.2 Å². The van der Waals surface area contributed by atoms with Crippen molar-refractivity contribution in [1.82, 2.24) is 19.5 Å². The SMILES string of the molecule is Cc1ccoc1CNc1nc(F)nc2c1ncn2C1CCCO1. The maximum atomic E-state index is 13.8. The van der Waals surface area contributed by atoms with Crippen LogP contribution < -0.4 is 5.32 Å². The highest BCUT2D eigenvalue weighted by atomic mass is 19.1. The van der Waals surface area contributed by atoms with Gasteiger partial charge in [0.2, 0.25) is 0 Å². The number of halogens is 1. The van der Waals surface area contributed by atoms with E-state index in [0.29, 0.717) is 30.1 Å². The number of aromatic nitrogens is 4. The molecule has 1 saturated heterocycles. The molecule has 1 N–H and O–H groups in total. The summed E-state index contributed by atoms with van der Waals surface area (Å²) in [5, 5.41) is 3.07. The van der Waals surface area contributed by atoms with E-state index in [1.807, 2.05) is 13.0 Å². The van der Waals surface area contributed by atoms with Gasteiger partial charge in [-0.25, -0.2) is 4.98 Å². The molecular formula is C15H16FN5O2. The molecule has 4 heterocycles. The monoisotopic (exact) mass is 317 g/mol. The minimum atomic E-state index is -0.795. The number of anilines is 1. The van der Waals surface area contributed by atoms with Crippen molar-refractivity contribution in [3.8, 4) is 0 Å². The summed E-state index contributed by atoms with van der Waals surface area (Å²) in [4.78, 5) is 12.0. The van der Waals surface area contributed by atoms with Crippen molar-refractivity contribution in [1.29, 1.82) is 0 Å². The van der Waals surface area contributed by atoms with Crippen LogP contribution in [-0.4, -0.2) is 26.1 Å². The van der Waals surface area contributed by atoms with Gasteiger partial charge in [0, 0.05) is 6.61 Å². The molecule has 7 nitrogen and oxygen atoms in total. The Kier molecular flexibility index (Phi) is 3.45. The van der Waals surface area contributed by atoms with E-state index in [4.69, 9.17) is 9.15 Å². The van der Waals surface area contributed by atoms with Crippen LogP contribution in [0, 0.1) is 13.0 Å². The molecule has 1 unspecified atom stereocenters. The molecule has 0 amide bonds. The third-order valence-electron chi connectivity index (χ3n) is 3.99. The van der Waals surface area contributed by atoms with Gasteiger partial charge in [-0.15, -0.1) is 0 Å². The molecule has 0 radical (unpaired) electrons. The number of aryl methyl sites for hydroxylation is 1. The average Bonchev–Trinajstić information content (AvgIpc) is 3.24. The van der Waals surface area contributed by atoms with Gasteiger partial charge < -0.3 is 14.5 Å². The van der Waals surface area contributed by atoms with Crippen molar-refractivity contribution in [2.75, 3.05) is 11.9 Å². The van der Waals surface area contributed by atoms with Crippen LogP contribution in [0.2, 0.25) is 0 Å². The Labute approximate surface area is 131 Å². The highest BCUT2D eigenvalue weighted by molar-refractivity contribution is 5.82. The maximum Gasteiger partial charge on any atom is 0.312 e. The van der Waals surface area contributed by atoms with Crippen LogP contribution in [0.3, 0.4) is 0 Å². The van der Waals surface area contributed by atoms with Crippen molar-refractivity contribution in [3.63, 3.8) is 0 Å². The van der Waals surface area contributed by atoms with E-state index in [1.165, 1.54) is 0 Å². The van der Waals surface area contributed by atoms with E-state index < -0.39 is 6.08 Å². The van der Waals surface area contributed by atoms with Crippen LogP contribution in [0.1, 0.15) is 30.4 Å². The molecule has 1 aliphatic heterocycles. The van der Waals surface area contributed by atoms with Gasteiger partial charge >= 0.3 is 6.08 Å². The quantitative estimate of drug-likeness (QED) is 0.746. The molecule has 120 valence electrons. The van der Waals surface area contributed by atoms with Gasteiger partial charge in [0.1, 0.15) is 12.0 Å². The van der Waals surface area contributed by atoms with E-state index >= 15 is 0 Å². The van der Waals surface area contributed by atoms with E-state index in [1.54, 1.807) is 17.2 Å². The first-order chi connectivity index (χ1) is 11.2. The van der Waals surface area contributed by atoms with Crippen molar-refractivity contribution < 1.29 is 13.5 Å². The maximum absolute atomic E-state index is 13.8. The van der Waals surface area contributed by atoms with E-state index in [9.17, 15) is 4.39 Å². The number of hydrogen-bond donors (Lipinski definition) is 1. The molecule has 23 heavy (non-hydrogen) atoms. The van der Waals surface area contributed by atoms with Gasteiger partial charge in [-0.3, -0.25) is 4.57 Å². The smallest absolute Gasteiger partial charge is 0.312 e. The largest absolute Gasteiger partial charge is 0.467 e. The highest BCUT2D eigenvalue weighted by Crippen LogP contribution is 2.28. The summed E-state index contributed by atoms with van der Waals surface area (Å²) >= 11 is 0. The fraction of sp³-hybridized carbons (Fsp3) is 0.400. The summed E-state index contributed by atoms with van der Waals surface area (Å²) in [7, 11) is 0. The van der Waals surface area contributed by atoms with Crippen molar-refractivity contribution in [3.05, 3.63) is 36.1 Å². The number of nitrogens with zero attached hydrogens (tertiary/aromatic N) is 4. The summed E-state index contributed by atoms with van der Waals surface area (Å²) < 4.78 is 26.6. The summed E-state index contributed by atoms with van der Waals surface area (Å²) in [6.45, 7) is 3.04. The molecule has 0 spiro atoms. The Bertz CT molecular complexity index is 838. The minimum Gasteiger partial charge on any atom is -0.467 e. The van der Waals surface area contributed by atoms with Crippen LogP contribution in [-0.2, 0) is 11.3 Å². The zero-order valence-electron chi connectivity index (χ0n) is 12.6. The van der Waals surface area contributed by atoms with Crippen LogP contribution in [0.5, 0.6) is 0 Å². The molecule has 0 bridgehead atoms. The number of furan rings is 1. The lowest BCUT2D eigenvalue weighted by molar-refractivity contribution is 0.0592. The first-order valence-electron chi connectivity index (χ1n) is 7.51. The lowest BCUT2D eigenvalue weighted by atomic mass is 10.3. The van der Waals surface area contributed by atoms with Gasteiger partial charge in [0.25, 0.3) is 0 Å². The Hall–Kier alpha value is -2.48. The molecular weight excluding hydrogens is 301 g/mol. The Morgan fingerprint density at radius 3 is 3.09 bits per heavy atom. The molecule has 1 aliphatic rings. The van der Waals surface area contributed by atoms with Crippen molar-refractivity contribution >= 4 is 17.0 Å². The normalized spacial score (nSPS) is 17.9. The second-order valence-electron chi connectivity index (χ2n) is 5.51. The number of fused-ring (bicyclic) bond motifs is 1. The van der Waals surface area contributed by atoms with E-state index in [2.05, 4.69) is 20.3 Å². The number of ether oxygens (including phenoxy) is 1. The third-order valence-corrected chi connectivity index (χ3v) is 3.99. The second-order valence-corrected chi connectivity index (χ2v) is 5.51. The number of imidazole rings is 1. The van der Waals surface area contributed by atoms with E-state index in [0.717, 1.165) is 24.2 Å². The molecule has 4 rings (SSSR count). The van der Waals surface area contributed by atoms with Crippen molar-refractivity contribution in [2.45, 2.75) is 32.5 Å². The topological polar surface area (TPSA) is 78.0 Å². The van der Waals surface area contributed by atoms with Gasteiger partial charge in [-0.1, -0.05) is 0 Å². The lowest BCUT2D eigenvalue weighted by Gasteiger charge is -2.11. The predicted molar refractivity (Wildman–Crippen MR) is 80.3 cm³/mol. The van der Waals surface area contributed by atoms with Gasteiger partial charge in [-0.05, 0) is 31.4 Å². The number of rotatable bonds is 4. The molecule has 1 atom stereocenters. The molecule has 8 heteroatoms. The number of nitrogens with one attached hydrogen (secondary N) is 1. The molecule has 1 fully saturated rings. The summed E-state index contributed by atoms with van der Waals surface area (Å²) in [5.74, 6) is 1.12. The molecule has 0 aliphatic carbocycles. The van der Waals surface area contributed by atoms with Gasteiger partial charge in [-0.2, -0.15) is 14.4 Å². The summed E-state index contributed by atoms with van der Waals surface area (Å²) in [6.07, 6.45) is 4.14. The summed E-state index contributed by atoms with van der Waals surface area (Å²) in [6, 6.07) is 1.87. The Morgan fingerprint density at radius 1 is 1.43 bits per heavy atom. The fourth-order valence-corrected chi connectivity index (χ4v) is 2.75. The van der Waals surface area contributed by atoms with Gasteiger partial charge in [0.15, 0.2) is 17.0 Å². The molecule has 3 aromatic heterocycles. The molecule has 3 aromatic rings. The highest BCUT2D eigenvalue weighted by Gasteiger charge is 2.22. The van der Waals surface area contributed by atoms with E-state index in [-0.39, 0.29) is 6.23 Å². The van der Waals surface area contributed by atoms with Crippen LogP contribution in [0.15, 0.2) is 23.1 Å². The van der Waals surface area contributed by atoms with Crippen LogP contribution >= 0.6 is 0 Å². The lowest BCUT2D eigenvalue weighted by Crippen LogP contribution is -2.09. The predicted octanol–water partition coefficient (Wildman–Crippen LogP) is 2.79. The van der Waals surface area contributed by atoms with Crippen molar-refractivity contribution in [2.24, 2.45) is 0 Å².